The van der Waals surface area contributed by atoms with E-state index in [9.17, 15) is 9.59 Å². The first-order valence-corrected chi connectivity index (χ1v) is 6.80. The van der Waals surface area contributed by atoms with Crippen molar-refractivity contribution < 1.29 is 4.79 Å². The highest BCUT2D eigenvalue weighted by Gasteiger charge is 2.32. The van der Waals surface area contributed by atoms with Crippen molar-refractivity contribution in [3.63, 3.8) is 0 Å². The minimum atomic E-state index is -0.299. The molecule has 104 valence electrons. The molecule has 1 aromatic rings. The van der Waals surface area contributed by atoms with Crippen molar-refractivity contribution in [2.24, 2.45) is 5.41 Å². The lowest BCUT2D eigenvalue weighted by atomic mass is 9.92. The fourth-order valence-electron chi connectivity index (χ4n) is 2.95. The first-order chi connectivity index (χ1) is 8.78. The Kier molecular flexibility index (Phi) is 3.52. The average molecular weight is 262 g/mol. The van der Waals surface area contributed by atoms with Crippen LogP contribution < -0.4 is 10.9 Å². The number of hydrogen-bond donors (Lipinski definition) is 2. The number of amides is 1. The molecule has 4 nitrogen and oxygen atoms in total. The van der Waals surface area contributed by atoms with Crippen LogP contribution in [0.2, 0.25) is 0 Å². The maximum atomic E-state index is 12.2. The third-order valence-corrected chi connectivity index (χ3v) is 3.90. The third kappa shape index (κ3) is 3.06. The van der Waals surface area contributed by atoms with Crippen LogP contribution in [0.3, 0.4) is 0 Å². The highest BCUT2D eigenvalue weighted by Crippen LogP contribution is 2.36. The molecular weight excluding hydrogens is 240 g/mol. The minimum Gasteiger partial charge on any atom is -0.349 e. The summed E-state index contributed by atoms with van der Waals surface area (Å²) in [5, 5.41) is 2.99. The number of aryl methyl sites for hydroxylation is 2. The van der Waals surface area contributed by atoms with Gasteiger partial charge in [0.2, 0.25) is 0 Å². The largest absolute Gasteiger partial charge is 0.349 e. The van der Waals surface area contributed by atoms with Crippen LogP contribution in [0.15, 0.2) is 10.9 Å². The van der Waals surface area contributed by atoms with Crippen molar-refractivity contribution in [1.82, 2.24) is 10.3 Å². The van der Waals surface area contributed by atoms with E-state index in [0.29, 0.717) is 0 Å². The monoisotopic (exact) mass is 262 g/mol. The number of hydrogen-bond acceptors (Lipinski definition) is 2. The lowest BCUT2D eigenvalue weighted by Gasteiger charge is -2.18. The zero-order valence-electron chi connectivity index (χ0n) is 12.1. The summed E-state index contributed by atoms with van der Waals surface area (Å²) in [6, 6.07) is 2.01. The molecule has 1 fully saturated rings. The molecule has 2 N–H and O–H groups in total. The number of pyridine rings is 1. The van der Waals surface area contributed by atoms with Gasteiger partial charge in [0.15, 0.2) is 0 Å². The summed E-state index contributed by atoms with van der Waals surface area (Å²) in [5.41, 5.74) is 1.74. The predicted octanol–water partition coefficient (Wildman–Crippen LogP) is 2.30. The normalized spacial score (nSPS) is 21.4. The van der Waals surface area contributed by atoms with Gasteiger partial charge in [0.1, 0.15) is 5.56 Å². The van der Waals surface area contributed by atoms with E-state index in [4.69, 9.17) is 0 Å². The SMILES string of the molecule is Cc1cc(C)c(C(=O)NC2CCC(C)(C)C2)c(=O)[nH]1. The van der Waals surface area contributed by atoms with E-state index >= 15 is 0 Å². The summed E-state index contributed by atoms with van der Waals surface area (Å²) in [4.78, 5) is 26.8. The van der Waals surface area contributed by atoms with Crippen molar-refractivity contribution in [2.45, 2.75) is 53.0 Å². The van der Waals surface area contributed by atoms with Gasteiger partial charge < -0.3 is 10.3 Å². The fourth-order valence-corrected chi connectivity index (χ4v) is 2.95. The first-order valence-electron chi connectivity index (χ1n) is 6.80. The summed E-state index contributed by atoms with van der Waals surface area (Å²) in [6.07, 6.45) is 3.07. The van der Waals surface area contributed by atoms with Crippen molar-refractivity contribution in [1.29, 1.82) is 0 Å². The lowest BCUT2D eigenvalue weighted by Crippen LogP contribution is -2.37. The second kappa shape index (κ2) is 4.83. The molecule has 2 rings (SSSR count). The number of carbonyl (C=O) groups is 1. The molecule has 19 heavy (non-hydrogen) atoms. The summed E-state index contributed by atoms with van der Waals surface area (Å²) >= 11 is 0. The van der Waals surface area contributed by atoms with Crippen LogP contribution in [-0.2, 0) is 0 Å². The molecule has 1 aliphatic carbocycles. The molecule has 4 heteroatoms. The van der Waals surface area contributed by atoms with Gasteiger partial charge in [-0.25, -0.2) is 0 Å². The van der Waals surface area contributed by atoms with Crippen LogP contribution in [0.5, 0.6) is 0 Å². The van der Waals surface area contributed by atoms with E-state index < -0.39 is 0 Å². The quantitative estimate of drug-likeness (QED) is 0.859. The molecule has 1 heterocycles. The lowest BCUT2D eigenvalue weighted by molar-refractivity contribution is 0.0934. The third-order valence-electron chi connectivity index (χ3n) is 3.90. The Morgan fingerprint density at radius 3 is 2.63 bits per heavy atom. The van der Waals surface area contributed by atoms with Gasteiger partial charge >= 0.3 is 0 Å². The Bertz CT molecular complexity index is 558. The van der Waals surface area contributed by atoms with Crippen LogP contribution in [-0.4, -0.2) is 16.9 Å². The highest BCUT2D eigenvalue weighted by molar-refractivity contribution is 5.95. The second-order valence-corrected chi connectivity index (χ2v) is 6.42. The molecule has 0 radical (unpaired) electrons. The zero-order valence-corrected chi connectivity index (χ0v) is 12.1. The molecule has 1 amide bonds. The van der Waals surface area contributed by atoms with Crippen molar-refractivity contribution in [3.8, 4) is 0 Å². The predicted molar refractivity (Wildman–Crippen MR) is 75.4 cm³/mol. The Hall–Kier alpha value is -1.58. The van der Waals surface area contributed by atoms with Gasteiger partial charge in [-0.1, -0.05) is 13.8 Å². The van der Waals surface area contributed by atoms with Crippen LogP contribution >= 0.6 is 0 Å². The molecule has 1 aromatic heterocycles. The van der Waals surface area contributed by atoms with Gasteiger partial charge in [0.05, 0.1) is 0 Å². The number of nitrogens with one attached hydrogen (secondary N) is 2. The van der Waals surface area contributed by atoms with Gasteiger partial charge in [-0.05, 0) is 50.2 Å². The number of carbonyl (C=O) groups excluding carboxylic acids is 1. The summed E-state index contributed by atoms with van der Waals surface area (Å²) in [5.74, 6) is -0.249. The number of rotatable bonds is 2. The number of H-pyrrole nitrogens is 1. The van der Waals surface area contributed by atoms with Gasteiger partial charge in [-0.2, -0.15) is 0 Å². The highest BCUT2D eigenvalue weighted by atomic mass is 16.2. The number of aromatic amines is 1. The van der Waals surface area contributed by atoms with Crippen molar-refractivity contribution >= 4 is 5.91 Å². The second-order valence-electron chi connectivity index (χ2n) is 6.42. The van der Waals surface area contributed by atoms with Crippen LogP contribution in [0.25, 0.3) is 0 Å². The summed E-state index contributed by atoms with van der Waals surface area (Å²) in [7, 11) is 0. The van der Waals surface area contributed by atoms with E-state index in [-0.39, 0.29) is 28.5 Å². The Balaban J connectivity index is 2.16. The topological polar surface area (TPSA) is 62.0 Å². The van der Waals surface area contributed by atoms with E-state index in [1.54, 1.807) is 6.92 Å². The van der Waals surface area contributed by atoms with Crippen LogP contribution in [0.4, 0.5) is 0 Å². The average Bonchev–Trinajstić information content (AvgIpc) is 2.56. The van der Waals surface area contributed by atoms with Gasteiger partial charge in [0.25, 0.3) is 11.5 Å². The van der Waals surface area contributed by atoms with Crippen LogP contribution in [0.1, 0.15) is 54.7 Å². The molecular formula is C15H22N2O2. The maximum Gasteiger partial charge on any atom is 0.261 e. The van der Waals surface area contributed by atoms with Gasteiger partial charge in [-0.3, -0.25) is 9.59 Å². The molecule has 0 aromatic carbocycles. The molecule has 0 aliphatic heterocycles. The Morgan fingerprint density at radius 2 is 2.11 bits per heavy atom. The van der Waals surface area contributed by atoms with Gasteiger partial charge in [0, 0.05) is 11.7 Å². The summed E-state index contributed by atoms with van der Waals surface area (Å²) < 4.78 is 0. The van der Waals surface area contributed by atoms with Crippen LogP contribution in [0, 0.1) is 19.3 Å². The van der Waals surface area contributed by atoms with E-state index in [2.05, 4.69) is 24.1 Å². The summed E-state index contributed by atoms with van der Waals surface area (Å²) in [6.45, 7) is 8.04. The Labute approximate surface area is 113 Å². The first kappa shape index (κ1) is 13.8. The van der Waals surface area contributed by atoms with E-state index in [1.807, 2.05) is 13.0 Å². The van der Waals surface area contributed by atoms with Crippen molar-refractivity contribution in [3.05, 3.63) is 33.2 Å². The standard InChI is InChI=1S/C15H22N2O2/c1-9-7-10(2)16-13(18)12(9)14(19)17-11-5-6-15(3,4)8-11/h7,11H,5-6,8H2,1-4H3,(H,16,18)(H,17,19). The maximum absolute atomic E-state index is 12.2. The van der Waals surface area contributed by atoms with E-state index in [0.717, 1.165) is 30.5 Å². The molecule has 0 spiro atoms. The fraction of sp³-hybridized carbons (Fsp3) is 0.600. The van der Waals surface area contributed by atoms with Gasteiger partial charge in [-0.15, -0.1) is 0 Å². The molecule has 1 saturated carbocycles. The minimum absolute atomic E-state index is 0.183. The number of aromatic nitrogens is 1. The zero-order chi connectivity index (χ0) is 14.2. The Morgan fingerprint density at radius 1 is 1.42 bits per heavy atom. The molecule has 0 saturated heterocycles. The molecule has 1 atom stereocenters. The van der Waals surface area contributed by atoms with Crippen molar-refractivity contribution in [2.75, 3.05) is 0 Å². The van der Waals surface area contributed by atoms with E-state index in [1.165, 1.54) is 0 Å². The molecule has 1 unspecified atom stereocenters. The molecule has 1 aliphatic rings. The molecule has 0 bridgehead atoms. The smallest absolute Gasteiger partial charge is 0.261 e.